The van der Waals surface area contributed by atoms with Crippen LogP contribution in [0.15, 0.2) is 23.1 Å². The molecule has 0 saturated heterocycles. The van der Waals surface area contributed by atoms with E-state index in [-0.39, 0.29) is 22.4 Å². The van der Waals surface area contributed by atoms with Crippen molar-refractivity contribution in [3.63, 3.8) is 0 Å². The van der Waals surface area contributed by atoms with Gasteiger partial charge in [0.25, 0.3) is 0 Å². The van der Waals surface area contributed by atoms with Crippen LogP contribution in [0.3, 0.4) is 0 Å². The van der Waals surface area contributed by atoms with E-state index in [0.29, 0.717) is 5.02 Å². The second-order valence-corrected chi connectivity index (χ2v) is 6.63. The van der Waals surface area contributed by atoms with Crippen molar-refractivity contribution in [1.82, 2.24) is 0 Å². The van der Waals surface area contributed by atoms with Crippen molar-refractivity contribution in [3.05, 3.63) is 23.2 Å². The SMILES string of the molecule is NS(=O)(=O)c1ccc(Cl)c(NC(=O)C2CCCC2)c1. The summed E-state index contributed by atoms with van der Waals surface area (Å²) >= 11 is 5.95. The summed E-state index contributed by atoms with van der Waals surface area (Å²) in [5.74, 6) is -0.139. The van der Waals surface area contributed by atoms with Crippen LogP contribution in [0.25, 0.3) is 0 Å². The summed E-state index contributed by atoms with van der Waals surface area (Å²) in [6.07, 6.45) is 3.81. The summed E-state index contributed by atoms with van der Waals surface area (Å²) in [4.78, 5) is 11.9. The number of anilines is 1. The minimum atomic E-state index is -3.81. The lowest BCUT2D eigenvalue weighted by Crippen LogP contribution is -2.21. The van der Waals surface area contributed by atoms with Gasteiger partial charge in [-0.05, 0) is 31.0 Å². The van der Waals surface area contributed by atoms with Gasteiger partial charge < -0.3 is 5.32 Å². The molecule has 0 spiro atoms. The molecule has 1 amide bonds. The molecule has 19 heavy (non-hydrogen) atoms. The van der Waals surface area contributed by atoms with Crippen molar-refractivity contribution in [2.45, 2.75) is 30.6 Å². The first-order valence-corrected chi connectivity index (χ1v) is 7.93. The molecule has 0 aliphatic heterocycles. The Morgan fingerprint density at radius 2 is 1.95 bits per heavy atom. The molecule has 0 heterocycles. The van der Waals surface area contributed by atoms with Crippen molar-refractivity contribution in [2.75, 3.05) is 5.32 Å². The summed E-state index contributed by atoms with van der Waals surface area (Å²) in [6, 6.07) is 4.00. The van der Waals surface area contributed by atoms with Gasteiger partial charge in [-0.3, -0.25) is 4.79 Å². The van der Waals surface area contributed by atoms with E-state index >= 15 is 0 Å². The molecule has 1 aliphatic rings. The number of rotatable bonds is 3. The molecule has 7 heteroatoms. The number of amides is 1. The Balaban J connectivity index is 2.22. The van der Waals surface area contributed by atoms with E-state index in [4.69, 9.17) is 16.7 Å². The van der Waals surface area contributed by atoms with E-state index in [1.165, 1.54) is 18.2 Å². The summed E-state index contributed by atoms with van der Waals surface area (Å²) in [5, 5.41) is 8.01. The lowest BCUT2D eigenvalue weighted by Gasteiger charge is -2.12. The van der Waals surface area contributed by atoms with Crippen molar-refractivity contribution in [1.29, 1.82) is 0 Å². The maximum absolute atomic E-state index is 12.0. The van der Waals surface area contributed by atoms with Crippen LogP contribution in [-0.4, -0.2) is 14.3 Å². The van der Waals surface area contributed by atoms with Crippen molar-refractivity contribution < 1.29 is 13.2 Å². The van der Waals surface area contributed by atoms with Crippen molar-refractivity contribution in [3.8, 4) is 0 Å². The second kappa shape index (κ2) is 5.48. The van der Waals surface area contributed by atoms with E-state index in [2.05, 4.69) is 5.32 Å². The number of halogens is 1. The standard InChI is InChI=1S/C12H15ClN2O3S/c13-10-6-5-9(19(14,17)18)7-11(10)15-12(16)8-3-1-2-4-8/h5-8H,1-4H2,(H,15,16)(H2,14,17,18). The number of carbonyl (C=O) groups excluding carboxylic acids is 1. The fourth-order valence-corrected chi connectivity index (χ4v) is 2.90. The lowest BCUT2D eigenvalue weighted by molar-refractivity contribution is -0.119. The predicted octanol–water partition coefficient (Wildman–Crippen LogP) is 2.12. The topological polar surface area (TPSA) is 89.3 Å². The average molecular weight is 303 g/mol. The fourth-order valence-electron chi connectivity index (χ4n) is 2.20. The van der Waals surface area contributed by atoms with Gasteiger partial charge in [0.1, 0.15) is 0 Å². The summed E-state index contributed by atoms with van der Waals surface area (Å²) in [5.41, 5.74) is 0.282. The molecule has 5 nitrogen and oxygen atoms in total. The molecule has 1 saturated carbocycles. The number of nitrogens with one attached hydrogen (secondary N) is 1. The first-order valence-electron chi connectivity index (χ1n) is 6.01. The van der Waals surface area contributed by atoms with Gasteiger partial charge in [0.05, 0.1) is 15.6 Å². The van der Waals surface area contributed by atoms with Gasteiger partial charge in [0.15, 0.2) is 0 Å². The highest BCUT2D eigenvalue weighted by atomic mass is 35.5. The molecular formula is C12H15ClN2O3S. The Kier molecular flexibility index (Phi) is 4.13. The van der Waals surface area contributed by atoms with Crippen LogP contribution in [0.2, 0.25) is 5.02 Å². The van der Waals surface area contributed by atoms with Gasteiger partial charge in [0, 0.05) is 5.92 Å². The molecule has 0 radical (unpaired) electrons. The van der Waals surface area contributed by atoms with Gasteiger partial charge in [-0.1, -0.05) is 24.4 Å². The van der Waals surface area contributed by atoms with Crippen molar-refractivity contribution >= 4 is 33.2 Å². The monoisotopic (exact) mass is 302 g/mol. The van der Waals surface area contributed by atoms with Crippen molar-refractivity contribution in [2.24, 2.45) is 11.1 Å². The quantitative estimate of drug-likeness (QED) is 0.896. The zero-order valence-electron chi connectivity index (χ0n) is 10.2. The number of nitrogens with two attached hydrogens (primary N) is 1. The molecular weight excluding hydrogens is 288 g/mol. The molecule has 2 rings (SSSR count). The summed E-state index contributed by atoms with van der Waals surface area (Å²) in [6.45, 7) is 0. The smallest absolute Gasteiger partial charge is 0.238 e. The Morgan fingerprint density at radius 1 is 1.32 bits per heavy atom. The molecule has 0 atom stereocenters. The third kappa shape index (κ3) is 3.46. The van der Waals surface area contributed by atoms with Crippen LogP contribution in [0.4, 0.5) is 5.69 Å². The van der Waals surface area contributed by atoms with E-state index in [1.54, 1.807) is 0 Å². The Hall–Kier alpha value is -1.11. The van der Waals surface area contributed by atoms with Crippen LogP contribution in [-0.2, 0) is 14.8 Å². The number of carbonyl (C=O) groups is 1. The Bertz CT molecular complexity index is 595. The summed E-state index contributed by atoms with van der Waals surface area (Å²) < 4.78 is 22.5. The highest BCUT2D eigenvalue weighted by Gasteiger charge is 2.23. The molecule has 1 aromatic carbocycles. The fraction of sp³-hybridized carbons (Fsp3) is 0.417. The number of primary sulfonamides is 1. The molecule has 1 aliphatic carbocycles. The normalized spacial score (nSPS) is 16.5. The third-order valence-electron chi connectivity index (χ3n) is 3.25. The second-order valence-electron chi connectivity index (χ2n) is 4.66. The maximum Gasteiger partial charge on any atom is 0.238 e. The first-order chi connectivity index (χ1) is 8.88. The predicted molar refractivity (Wildman–Crippen MR) is 73.4 cm³/mol. The molecule has 0 aromatic heterocycles. The number of hydrogen-bond donors (Lipinski definition) is 2. The van der Waals surface area contributed by atoms with Crippen LogP contribution in [0.1, 0.15) is 25.7 Å². The Morgan fingerprint density at radius 3 is 2.53 bits per heavy atom. The zero-order chi connectivity index (χ0) is 14.0. The average Bonchev–Trinajstić information content (AvgIpc) is 2.84. The van der Waals surface area contributed by atoms with Gasteiger partial charge in [0.2, 0.25) is 15.9 Å². The zero-order valence-corrected chi connectivity index (χ0v) is 11.8. The van der Waals surface area contributed by atoms with Gasteiger partial charge in [-0.25, -0.2) is 13.6 Å². The Labute approximate surface area is 117 Å². The van der Waals surface area contributed by atoms with E-state index in [0.717, 1.165) is 25.7 Å². The van der Waals surface area contributed by atoms with E-state index in [9.17, 15) is 13.2 Å². The molecule has 104 valence electrons. The van der Waals surface area contributed by atoms with Crippen LogP contribution in [0.5, 0.6) is 0 Å². The largest absolute Gasteiger partial charge is 0.324 e. The van der Waals surface area contributed by atoms with Crippen LogP contribution < -0.4 is 10.5 Å². The van der Waals surface area contributed by atoms with E-state index < -0.39 is 10.0 Å². The van der Waals surface area contributed by atoms with Gasteiger partial charge >= 0.3 is 0 Å². The summed E-state index contributed by atoms with van der Waals surface area (Å²) in [7, 11) is -3.81. The first kappa shape index (κ1) is 14.3. The molecule has 0 bridgehead atoms. The maximum atomic E-state index is 12.0. The highest BCUT2D eigenvalue weighted by molar-refractivity contribution is 7.89. The van der Waals surface area contributed by atoms with Gasteiger partial charge in [-0.2, -0.15) is 0 Å². The minimum absolute atomic E-state index is 0.0193. The third-order valence-corrected chi connectivity index (χ3v) is 4.49. The van der Waals surface area contributed by atoms with Crippen LogP contribution in [0, 0.1) is 5.92 Å². The number of sulfonamides is 1. The molecule has 1 fully saturated rings. The molecule has 1 aromatic rings. The van der Waals surface area contributed by atoms with Crippen LogP contribution >= 0.6 is 11.6 Å². The van der Waals surface area contributed by atoms with Gasteiger partial charge in [-0.15, -0.1) is 0 Å². The lowest BCUT2D eigenvalue weighted by atomic mass is 10.1. The molecule has 0 unspecified atom stereocenters. The molecule has 3 N–H and O–H groups in total. The van der Waals surface area contributed by atoms with E-state index in [1.807, 2.05) is 0 Å². The minimum Gasteiger partial charge on any atom is -0.324 e. The number of hydrogen-bond acceptors (Lipinski definition) is 3. The number of benzene rings is 1. The highest BCUT2D eigenvalue weighted by Crippen LogP contribution is 2.29.